The number of carboxylic acids is 1. The minimum absolute atomic E-state index is 0.268. The topological polar surface area (TPSA) is 70.1 Å². The Morgan fingerprint density at radius 3 is 2.95 bits per heavy atom. The second-order valence-corrected chi connectivity index (χ2v) is 5.81. The quantitative estimate of drug-likeness (QED) is 0.917. The zero-order valence-corrected chi connectivity index (χ0v) is 12.8. The van der Waals surface area contributed by atoms with Crippen molar-refractivity contribution in [3.8, 4) is 5.75 Å². The van der Waals surface area contributed by atoms with Gasteiger partial charge in [-0.1, -0.05) is 12.1 Å². The third-order valence-corrected chi connectivity index (χ3v) is 4.31. The van der Waals surface area contributed by atoms with E-state index in [0.717, 1.165) is 11.3 Å². The van der Waals surface area contributed by atoms with Crippen LogP contribution in [0.25, 0.3) is 0 Å². The average Bonchev–Trinajstić information content (AvgIpc) is 2.96. The molecule has 0 unspecified atom stereocenters. The van der Waals surface area contributed by atoms with Crippen LogP contribution in [0.5, 0.6) is 5.75 Å². The summed E-state index contributed by atoms with van der Waals surface area (Å²) < 4.78 is 5.15. The number of urea groups is 1. The molecular formula is C14H18N2O4S. The zero-order valence-electron chi connectivity index (χ0n) is 12.0. The summed E-state index contributed by atoms with van der Waals surface area (Å²) in [7, 11) is 3.26. The summed E-state index contributed by atoms with van der Waals surface area (Å²) in [5, 5.41) is 9.13. The molecule has 7 heteroatoms. The zero-order chi connectivity index (χ0) is 15.4. The van der Waals surface area contributed by atoms with Crippen LogP contribution in [0.2, 0.25) is 0 Å². The summed E-state index contributed by atoms with van der Waals surface area (Å²) in [6, 6.07) is 6.45. The second kappa shape index (κ2) is 6.71. The first kappa shape index (κ1) is 15.5. The number of carbonyl (C=O) groups excluding carboxylic acids is 1. The molecule has 1 aromatic rings. The van der Waals surface area contributed by atoms with Crippen LogP contribution in [0.1, 0.15) is 5.56 Å². The highest BCUT2D eigenvalue weighted by atomic mass is 32.2. The van der Waals surface area contributed by atoms with Crippen molar-refractivity contribution in [3.05, 3.63) is 29.8 Å². The minimum Gasteiger partial charge on any atom is -0.497 e. The predicted molar refractivity (Wildman–Crippen MR) is 80.4 cm³/mol. The molecule has 1 fully saturated rings. The third-order valence-electron chi connectivity index (χ3n) is 3.29. The Morgan fingerprint density at radius 2 is 2.29 bits per heavy atom. The number of carboxylic acid groups (broad SMARTS) is 1. The van der Waals surface area contributed by atoms with Crippen molar-refractivity contribution in [1.29, 1.82) is 0 Å². The van der Waals surface area contributed by atoms with E-state index >= 15 is 0 Å². The summed E-state index contributed by atoms with van der Waals surface area (Å²) >= 11 is 1.45. The van der Waals surface area contributed by atoms with Gasteiger partial charge in [-0.2, -0.15) is 0 Å². The molecule has 0 aliphatic carbocycles. The standard InChI is InChI=1S/C14H18N2O4S/c1-15(7-10-4-3-5-11(6-10)20-2)14(19)16-9-21-8-12(16)13(17)18/h3-6,12H,7-9H2,1-2H3,(H,17,18)/t12-/m0/s1. The molecule has 1 aliphatic heterocycles. The lowest BCUT2D eigenvalue weighted by molar-refractivity contribution is -0.140. The van der Waals surface area contributed by atoms with Crippen LogP contribution in [0, 0.1) is 0 Å². The van der Waals surface area contributed by atoms with Gasteiger partial charge in [0.25, 0.3) is 0 Å². The fourth-order valence-electron chi connectivity index (χ4n) is 2.17. The van der Waals surface area contributed by atoms with E-state index in [1.807, 2.05) is 24.3 Å². The number of methoxy groups -OCH3 is 1. The Hall–Kier alpha value is -1.89. The van der Waals surface area contributed by atoms with E-state index in [2.05, 4.69) is 0 Å². The number of aliphatic carboxylic acids is 1. The highest BCUT2D eigenvalue weighted by Crippen LogP contribution is 2.23. The van der Waals surface area contributed by atoms with Gasteiger partial charge in [0.05, 0.1) is 13.0 Å². The number of carbonyl (C=O) groups is 2. The maximum atomic E-state index is 12.4. The Labute approximate surface area is 127 Å². The molecule has 0 aromatic heterocycles. The van der Waals surface area contributed by atoms with Crippen molar-refractivity contribution >= 4 is 23.8 Å². The van der Waals surface area contributed by atoms with Gasteiger partial charge in [0, 0.05) is 19.3 Å². The number of rotatable bonds is 4. The molecule has 0 spiro atoms. The monoisotopic (exact) mass is 310 g/mol. The largest absolute Gasteiger partial charge is 0.497 e. The molecule has 6 nitrogen and oxygen atoms in total. The summed E-state index contributed by atoms with van der Waals surface area (Å²) in [5.41, 5.74) is 0.934. The fraction of sp³-hybridized carbons (Fsp3) is 0.429. The molecule has 114 valence electrons. The Kier molecular flexibility index (Phi) is 4.95. The maximum Gasteiger partial charge on any atom is 0.327 e. The van der Waals surface area contributed by atoms with Crippen LogP contribution in [-0.2, 0) is 11.3 Å². The van der Waals surface area contributed by atoms with Crippen LogP contribution in [0.3, 0.4) is 0 Å². The number of hydrogen-bond donors (Lipinski definition) is 1. The van der Waals surface area contributed by atoms with Crippen molar-refractivity contribution < 1.29 is 19.4 Å². The van der Waals surface area contributed by atoms with Gasteiger partial charge in [0.1, 0.15) is 11.8 Å². The van der Waals surface area contributed by atoms with Crippen LogP contribution in [-0.4, -0.2) is 58.7 Å². The number of thioether (sulfide) groups is 1. The number of benzene rings is 1. The van der Waals surface area contributed by atoms with E-state index in [0.29, 0.717) is 18.2 Å². The van der Waals surface area contributed by atoms with Gasteiger partial charge in [0.15, 0.2) is 0 Å². The highest BCUT2D eigenvalue weighted by Gasteiger charge is 2.35. The second-order valence-electron chi connectivity index (χ2n) is 4.81. The SMILES string of the molecule is COc1cccc(CN(C)C(=O)N2CSC[C@H]2C(=O)O)c1. The Morgan fingerprint density at radius 1 is 1.52 bits per heavy atom. The molecule has 21 heavy (non-hydrogen) atoms. The highest BCUT2D eigenvalue weighted by molar-refractivity contribution is 7.99. The fourth-order valence-corrected chi connectivity index (χ4v) is 3.31. The van der Waals surface area contributed by atoms with Gasteiger partial charge >= 0.3 is 12.0 Å². The summed E-state index contributed by atoms with van der Waals surface area (Å²) in [5.74, 6) is 0.628. The smallest absolute Gasteiger partial charge is 0.327 e. The minimum atomic E-state index is -0.955. The van der Waals surface area contributed by atoms with Crippen LogP contribution in [0.4, 0.5) is 4.79 Å². The average molecular weight is 310 g/mol. The molecule has 1 atom stereocenters. The lowest BCUT2D eigenvalue weighted by Crippen LogP contribution is -2.47. The first-order valence-electron chi connectivity index (χ1n) is 6.48. The predicted octanol–water partition coefficient (Wildman–Crippen LogP) is 1.71. The third kappa shape index (κ3) is 3.60. The molecule has 0 bridgehead atoms. The van der Waals surface area contributed by atoms with E-state index in [1.54, 1.807) is 14.2 Å². The molecule has 2 amide bonds. The lowest BCUT2D eigenvalue weighted by atomic mass is 10.2. The summed E-state index contributed by atoms with van der Waals surface area (Å²) in [4.78, 5) is 26.4. The van der Waals surface area contributed by atoms with E-state index in [-0.39, 0.29) is 6.03 Å². The Bertz CT molecular complexity index is 537. The lowest BCUT2D eigenvalue weighted by Gasteiger charge is -2.27. The van der Waals surface area contributed by atoms with E-state index < -0.39 is 12.0 Å². The van der Waals surface area contributed by atoms with Crippen LogP contribution >= 0.6 is 11.8 Å². The summed E-state index contributed by atoms with van der Waals surface area (Å²) in [6.45, 7) is 0.406. The molecular weight excluding hydrogens is 292 g/mol. The van der Waals surface area contributed by atoms with Gasteiger partial charge in [-0.05, 0) is 17.7 Å². The van der Waals surface area contributed by atoms with Crippen LogP contribution in [0.15, 0.2) is 24.3 Å². The molecule has 1 heterocycles. The Balaban J connectivity index is 2.03. The molecule has 1 aromatic carbocycles. The van der Waals surface area contributed by atoms with Crippen LogP contribution < -0.4 is 4.74 Å². The van der Waals surface area contributed by atoms with Gasteiger partial charge < -0.3 is 19.6 Å². The van der Waals surface area contributed by atoms with Gasteiger partial charge in [0.2, 0.25) is 0 Å². The first-order valence-corrected chi connectivity index (χ1v) is 7.63. The van der Waals surface area contributed by atoms with Crippen molar-refractivity contribution in [3.63, 3.8) is 0 Å². The van der Waals surface area contributed by atoms with Crippen molar-refractivity contribution in [1.82, 2.24) is 9.80 Å². The molecule has 0 radical (unpaired) electrons. The number of hydrogen-bond acceptors (Lipinski definition) is 4. The van der Waals surface area contributed by atoms with E-state index in [1.165, 1.54) is 21.6 Å². The molecule has 0 saturated carbocycles. The van der Waals surface area contributed by atoms with Crippen molar-refractivity contribution in [2.75, 3.05) is 25.8 Å². The number of nitrogens with zero attached hydrogens (tertiary/aromatic N) is 2. The first-order chi connectivity index (χ1) is 10.0. The van der Waals surface area contributed by atoms with E-state index in [9.17, 15) is 9.59 Å². The molecule has 2 rings (SSSR count). The summed E-state index contributed by atoms with van der Waals surface area (Å²) in [6.07, 6.45) is 0. The molecule has 1 saturated heterocycles. The normalized spacial score (nSPS) is 17.6. The number of amides is 2. The molecule has 1 N–H and O–H groups in total. The van der Waals surface area contributed by atoms with Gasteiger partial charge in [-0.15, -0.1) is 11.8 Å². The van der Waals surface area contributed by atoms with E-state index in [4.69, 9.17) is 9.84 Å². The van der Waals surface area contributed by atoms with Gasteiger partial charge in [-0.3, -0.25) is 0 Å². The molecule has 1 aliphatic rings. The van der Waals surface area contributed by atoms with Crippen molar-refractivity contribution in [2.45, 2.75) is 12.6 Å². The van der Waals surface area contributed by atoms with Gasteiger partial charge in [-0.25, -0.2) is 9.59 Å². The van der Waals surface area contributed by atoms with Crippen molar-refractivity contribution in [2.24, 2.45) is 0 Å². The maximum absolute atomic E-state index is 12.4. The number of ether oxygens (including phenoxy) is 1.